The first-order valence-corrected chi connectivity index (χ1v) is 9.44. The van der Waals surface area contributed by atoms with Crippen LogP contribution in [0.2, 0.25) is 0 Å². The van der Waals surface area contributed by atoms with Crippen molar-refractivity contribution in [1.82, 2.24) is 15.8 Å². The van der Waals surface area contributed by atoms with Crippen LogP contribution in [-0.4, -0.2) is 37.9 Å². The molecule has 160 valence electrons. The van der Waals surface area contributed by atoms with E-state index in [4.69, 9.17) is 14.0 Å². The van der Waals surface area contributed by atoms with E-state index < -0.39 is 0 Å². The van der Waals surface area contributed by atoms with Crippen LogP contribution >= 0.6 is 24.0 Å². The van der Waals surface area contributed by atoms with E-state index in [1.54, 1.807) is 14.2 Å². The van der Waals surface area contributed by atoms with Gasteiger partial charge in [-0.05, 0) is 19.1 Å². The topological polar surface area (TPSA) is 80.9 Å². The molecule has 7 nitrogen and oxygen atoms in total. The summed E-state index contributed by atoms with van der Waals surface area (Å²) in [5, 5.41) is 10.6. The first-order chi connectivity index (χ1) is 14.2. The SMILES string of the molecule is CN=C(NCc1cc(-c2ccccc2)on1)NCC(C)Oc1cccc(OC)c1.I. The molecule has 1 heterocycles. The average molecular weight is 522 g/mol. The summed E-state index contributed by atoms with van der Waals surface area (Å²) in [5.74, 6) is 2.93. The van der Waals surface area contributed by atoms with E-state index in [9.17, 15) is 0 Å². The van der Waals surface area contributed by atoms with Gasteiger partial charge in [0.25, 0.3) is 0 Å². The van der Waals surface area contributed by atoms with Crippen molar-refractivity contribution in [2.75, 3.05) is 20.7 Å². The number of hydrogen-bond donors (Lipinski definition) is 2. The number of aliphatic imine (C=N–C) groups is 1. The zero-order chi connectivity index (χ0) is 20.5. The molecule has 2 aromatic carbocycles. The molecular weight excluding hydrogens is 495 g/mol. The molecule has 1 atom stereocenters. The molecule has 0 saturated carbocycles. The summed E-state index contributed by atoms with van der Waals surface area (Å²) < 4.78 is 16.6. The minimum Gasteiger partial charge on any atom is -0.497 e. The quantitative estimate of drug-likeness (QED) is 0.264. The van der Waals surface area contributed by atoms with Crippen LogP contribution in [0.15, 0.2) is 70.2 Å². The minimum absolute atomic E-state index is 0. The molecule has 3 aromatic rings. The molecule has 2 N–H and O–H groups in total. The van der Waals surface area contributed by atoms with Gasteiger partial charge in [-0.1, -0.05) is 41.6 Å². The third-order valence-corrected chi connectivity index (χ3v) is 4.21. The summed E-state index contributed by atoms with van der Waals surface area (Å²) >= 11 is 0. The second-order valence-corrected chi connectivity index (χ2v) is 6.46. The second-order valence-electron chi connectivity index (χ2n) is 6.46. The highest BCUT2D eigenvalue weighted by molar-refractivity contribution is 14.0. The lowest BCUT2D eigenvalue weighted by atomic mass is 10.2. The third-order valence-electron chi connectivity index (χ3n) is 4.21. The molecule has 0 aliphatic rings. The number of hydrogen-bond acceptors (Lipinski definition) is 5. The van der Waals surface area contributed by atoms with Gasteiger partial charge in [0.2, 0.25) is 0 Å². The Morgan fingerprint density at radius 2 is 1.83 bits per heavy atom. The number of halogens is 1. The Balaban J connectivity index is 0.00000320. The van der Waals surface area contributed by atoms with E-state index >= 15 is 0 Å². The highest BCUT2D eigenvalue weighted by Gasteiger charge is 2.09. The Morgan fingerprint density at radius 1 is 1.07 bits per heavy atom. The summed E-state index contributed by atoms with van der Waals surface area (Å²) in [6.07, 6.45) is -0.0580. The van der Waals surface area contributed by atoms with E-state index in [0.29, 0.717) is 19.0 Å². The largest absolute Gasteiger partial charge is 0.497 e. The maximum atomic E-state index is 5.91. The summed E-state index contributed by atoms with van der Waals surface area (Å²) in [6.45, 7) is 3.08. The standard InChI is InChI=1S/C22H26N4O3.HI/c1-16(28-20-11-7-10-19(13-20)27-3)14-24-22(23-2)25-15-18-12-21(29-26-18)17-8-5-4-6-9-17;/h4-13,16H,14-15H2,1-3H3,(H2,23,24,25);1H. The summed E-state index contributed by atoms with van der Waals surface area (Å²) in [5.41, 5.74) is 1.80. The molecule has 3 rings (SSSR count). The molecule has 1 unspecified atom stereocenters. The maximum Gasteiger partial charge on any atom is 0.191 e. The van der Waals surface area contributed by atoms with Gasteiger partial charge in [0.1, 0.15) is 23.3 Å². The van der Waals surface area contributed by atoms with E-state index in [1.807, 2.05) is 67.6 Å². The fourth-order valence-electron chi connectivity index (χ4n) is 2.72. The Kier molecular flexibility index (Phi) is 9.46. The van der Waals surface area contributed by atoms with E-state index in [-0.39, 0.29) is 30.1 Å². The predicted octanol–water partition coefficient (Wildman–Crippen LogP) is 4.10. The number of nitrogens with zero attached hydrogens (tertiary/aromatic N) is 2. The molecule has 0 aliphatic heterocycles. The van der Waals surface area contributed by atoms with Gasteiger partial charge in [-0.2, -0.15) is 0 Å². The Bertz CT molecular complexity index is 931. The monoisotopic (exact) mass is 522 g/mol. The molecule has 30 heavy (non-hydrogen) atoms. The Labute approximate surface area is 193 Å². The second kappa shape index (κ2) is 12.1. The third kappa shape index (κ3) is 6.94. The lowest BCUT2D eigenvalue weighted by Crippen LogP contribution is -2.41. The Morgan fingerprint density at radius 3 is 2.57 bits per heavy atom. The number of guanidine groups is 1. The predicted molar refractivity (Wildman–Crippen MR) is 129 cm³/mol. The number of ether oxygens (including phenoxy) is 2. The van der Waals surface area contributed by atoms with Crippen molar-refractivity contribution < 1.29 is 14.0 Å². The van der Waals surface area contributed by atoms with Crippen molar-refractivity contribution in [1.29, 1.82) is 0 Å². The van der Waals surface area contributed by atoms with Crippen molar-refractivity contribution >= 4 is 29.9 Å². The number of rotatable bonds is 8. The van der Waals surface area contributed by atoms with Crippen LogP contribution in [0, 0.1) is 0 Å². The van der Waals surface area contributed by atoms with Gasteiger partial charge in [0, 0.05) is 24.7 Å². The normalized spacial score (nSPS) is 11.9. The first kappa shape index (κ1) is 23.5. The van der Waals surface area contributed by atoms with E-state index in [1.165, 1.54) is 0 Å². The van der Waals surface area contributed by atoms with Crippen LogP contribution < -0.4 is 20.1 Å². The average Bonchev–Trinajstić information content (AvgIpc) is 3.24. The van der Waals surface area contributed by atoms with Crippen molar-refractivity contribution in [2.24, 2.45) is 4.99 Å². The summed E-state index contributed by atoms with van der Waals surface area (Å²) in [6, 6.07) is 19.3. The minimum atomic E-state index is -0.0580. The van der Waals surface area contributed by atoms with Crippen molar-refractivity contribution in [3.8, 4) is 22.8 Å². The zero-order valence-electron chi connectivity index (χ0n) is 17.3. The smallest absolute Gasteiger partial charge is 0.191 e. The fraction of sp³-hybridized carbons (Fsp3) is 0.273. The van der Waals surface area contributed by atoms with Gasteiger partial charge >= 0.3 is 0 Å². The van der Waals surface area contributed by atoms with Crippen LogP contribution in [-0.2, 0) is 6.54 Å². The molecular formula is C22H27IN4O3. The number of benzene rings is 2. The van der Waals surface area contributed by atoms with Gasteiger partial charge in [-0.25, -0.2) is 0 Å². The number of aromatic nitrogens is 1. The van der Waals surface area contributed by atoms with Crippen LogP contribution in [0.5, 0.6) is 11.5 Å². The lowest BCUT2D eigenvalue weighted by molar-refractivity contribution is 0.223. The van der Waals surface area contributed by atoms with E-state index in [2.05, 4.69) is 20.8 Å². The number of nitrogens with one attached hydrogen (secondary N) is 2. The van der Waals surface area contributed by atoms with E-state index in [0.717, 1.165) is 28.5 Å². The molecule has 0 radical (unpaired) electrons. The summed E-state index contributed by atoms with van der Waals surface area (Å²) in [4.78, 5) is 4.23. The molecule has 0 fully saturated rings. The van der Waals surface area contributed by atoms with Gasteiger partial charge in [0.05, 0.1) is 20.2 Å². The molecule has 0 bridgehead atoms. The van der Waals surface area contributed by atoms with Crippen LogP contribution in [0.1, 0.15) is 12.6 Å². The van der Waals surface area contributed by atoms with Crippen molar-refractivity contribution in [3.05, 3.63) is 66.4 Å². The molecule has 0 saturated heterocycles. The molecule has 0 aliphatic carbocycles. The summed E-state index contributed by atoms with van der Waals surface area (Å²) in [7, 11) is 3.36. The number of methoxy groups -OCH3 is 1. The molecule has 0 amide bonds. The first-order valence-electron chi connectivity index (χ1n) is 9.44. The molecule has 0 spiro atoms. The van der Waals surface area contributed by atoms with Gasteiger partial charge in [0.15, 0.2) is 11.7 Å². The van der Waals surface area contributed by atoms with Gasteiger partial charge in [-0.3, -0.25) is 4.99 Å². The Hall–Kier alpha value is -2.75. The van der Waals surface area contributed by atoms with Crippen molar-refractivity contribution in [3.63, 3.8) is 0 Å². The fourth-order valence-corrected chi connectivity index (χ4v) is 2.72. The highest BCUT2D eigenvalue weighted by atomic mass is 127. The van der Waals surface area contributed by atoms with Crippen LogP contribution in [0.25, 0.3) is 11.3 Å². The van der Waals surface area contributed by atoms with Gasteiger partial charge in [-0.15, -0.1) is 24.0 Å². The zero-order valence-corrected chi connectivity index (χ0v) is 19.6. The molecule has 1 aromatic heterocycles. The van der Waals surface area contributed by atoms with Crippen LogP contribution in [0.4, 0.5) is 0 Å². The van der Waals surface area contributed by atoms with Gasteiger partial charge < -0.3 is 24.6 Å². The lowest BCUT2D eigenvalue weighted by Gasteiger charge is -2.17. The molecule has 8 heteroatoms. The van der Waals surface area contributed by atoms with Crippen molar-refractivity contribution in [2.45, 2.75) is 19.6 Å². The highest BCUT2D eigenvalue weighted by Crippen LogP contribution is 2.20. The van der Waals surface area contributed by atoms with Crippen LogP contribution in [0.3, 0.4) is 0 Å². The maximum absolute atomic E-state index is 5.91.